The highest BCUT2D eigenvalue weighted by Gasteiger charge is 2.15. The minimum atomic E-state index is -0.457. The second kappa shape index (κ2) is 7.12. The average molecular weight is 313 g/mol. The standard InChI is InChI=1S/C15H15N5O3/c1-19(2)13-6-5-11(8-14(13)20(22)23)9-17-18-15(21)12-4-3-7-16-10-12/h3-10H,1-2H3,(H,18,21)/b17-9+. The maximum absolute atomic E-state index is 11.8. The summed E-state index contributed by atoms with van der Waals surface area (Å²) < 4.78 is 0. The minimum Gasteiger partial charge on any atom is -0.372 e. The van der Waals surface area contributed by atoms with Crippen LogP contribution < -0.4 is 10.3 Å². The van der Waals surface area contributed by atoms with E-state index in [9.17, 15) is 14.9 Å². The highest BCUT2D eigenvalue weighted by atomic mass is 16.6. The molecule has 8 nitrogen and oxygen atoms in total. The number of aromatic nitrogens is 1. The molecular formula is C15H15N5O3. The third kappa shape index (κ3) is 4.10. The summed E-state index contributed by atoms with van der Waals surface area (Å²) in [4.78, 5) is 27.9. The summed E-state index contributed by atoms with van der Waals surface area (Å²) >= 11 is 0. The van der Waals surface area contributed by atoms with E-state index < -0.39 is 10.8 Å². The highest BCUT2D eigenvalue weighted by Crippen LogP contribution is 2.27. The molecule has 0 spiro atoms. The Bertz CT molecular complexity index is 744. The molecule has 1 amide bonds. The molecule has 1 heterocycles. The van der Waals surface area contributed by atoms with Crippen molar-refractivity contribution in [3.63, 3.8) is 0 Å². The minimum absolute atomic E-state index is 0.0301. The van der Waals surface area contributed by atoms with Crippen molar-refractivity contribution in [3.05, 3.63) is 64.0 Å². The lowest BCUT2D eigenvalue weighted by Crippen LogP contribution is -2.17. The maximum Gasteiger partial charge on any atom is 0.293 e. The number of carbonyl (C=O) groups is 1. The van der Waals surface area contributed by atoms with Gasteiger partial charge in [0.15, 0.2) is 0 Å². The molecule has 1 aromatic heterocycles. The lowest BCUT2D eigenvalue weighted by Gasteiger charge is -2.12. The van der Waals surface area contributed by atoms with Crippen LogP contribution in [0.1, 0.15) is 15.9 Å². The van der Waals surface area contributed by atoms with Gasteiger partial charge in [0.05, 0.1) is 16.7 Å². The van der Waals surface area contributed by atoms with Crippen LogP contribution in [0.3, 0.4) is 0 Å². The van der Waals surface area contributed by atoms with E-state index in [2.05, 4.69) is 15.5 Å². The molecule has 0 radical (unpaired) electrons. The molecule has 0 aliphatic rings. The number of nitrogens with one attached hydrogen (secondary N) is 1. The van der Waals surface area contributed by atoms with E-state index >= 15 is 0 Å². The van der Waals surface area contributed by atoms with Crippen LogP contribution >= 0.6 is 0 Å². The molecule has 8 heteroatoms. The summed E-state index contributed by atoms with van der Waals surface area (Å²) in [6.07, 6.45) is 4.33. The van der Waals surface area contributed by atoms with E-state index in [1.807, 2.05) is 0 Å². The average Bonchev–Trinajstić information content (AvgIpc) is 2.55. The molecule has 0 bridgehead atoms. The van der Waals surface area contributed by atoms with Crippen molar-refractivity contribution in [2.24, 2.45) is 5.10 Å². The highest BCUT2D eigenvalue weighted by molar-refractivity contribution is 5.94. The zero-order valence-electron chi connectivity index (χ0n) is 12.6. The van der Waals surface area contributed by atoms with Crippen LogP contribution in [0.15, 0.2) is 47.8 Å². The van der Waals surface area contributed by atoms with Gasteiger partial charge in [-0.3, -0.25) is 19.9 Å². The molecule has 1 N–H and O–H groups in total. The predicted octanol–water partition coefficient (Wildman–Crippen LogP) is 1.82. The fourth-order valence-electron chi connectivity index (χ4n) is 1.87. The van der Waals surface area contributed by atoms with Crippen LogP contribution in [0.2, 0.25) is 0 Å². The normalized spacial score (nSPS) is 10.5. The predicted molar refractivity (Wildman–Crippen MR) is 86.7 cm³/mol. The number of hydrogen-bond acceptors (Lipinski definition) is 6. The number of hydrogen-bond donors (Lipinski definition) is 1. The summed E-state index contributed by atoms with van der Waals surface area (Å²) in [6.45, 7) is 0. The number of nitro benzene ring substituents is 1. The van der Waals surface area contributed by atoms with Crippen molar-refractivity contribution in [2.45, 2.75) is 0 Å². The van der Waals surface area contributed by atoms with Gasteiger partial charge in [-0.2, -0.15) is 5.10 Å². The molecule has 118 valence electrons. The molecule has 2 rings (SSSR count). The number of pyridine rings is 1. The van der Waals surface area contributed by atoms with Crippen molar-refractivity contribution in [1.29, 1.82) is 0 Å². The summed E-state index contributed by atoms with van der Waals surface area (Å²) in [6, 6.07) is 7.95. The van der Waals surface area contributed by atoms with Gasteiger partial charge >= 0.3 is 0 Å². The number of carbonyl (C=O) groups excluding carboxylic acids is 1. The van der Waals surface area contributed by atoms with Crippen LogP contribution in [0.25, 0.3) is 0 Å². The molecule has 23 heavy (non-hydrogen) atoms. The van der Waals surface area contributed by atoms with Crippen molar-refractivity contribution >= 4 is 23.5 Å². The van der Waals surface area contributed by atoms with Crippen LogP contribution in [-0.2, 0) is 0 Å². The summed E-state index contributed by atoms with van der Waals surface area (Å²) in [7, 11) is 3.45. The van der Waals surface area contributed by atoms with Gasteiger partial charge in [-0.05, 0) is 18.2 Å². The van der Waals surface area contributed by atoms with Crippen molar-refractivity contribution < 1.29 is 9.72 Å². The maximum atomic E-state index is 11.8. The van der Waals surface area contributed by atoms with Crippen molar-refractivity contribution in [3.8, 4) is 0 Å². The number of nitro groups is 1. The number of benzene rings is 1. The Balaban J connectivity index is 2.12. The first-order valence-electron chi connectivity index (χ1n) is 6.68. The number of amides is 1. The smallest absolute Gasteiger partial charge is 0.293 e. The zero-order valence-corrected chi connectivity index (χ0v) is 12.6. The van der Waals surface area contributed by atoms with Crippen LogP contribution in [-0.4, -0.2) is 36.1 Å². The van der Waals surface area contributed by atoms with Gasteiger partial charge in [0.1, 0.15) is 5.69 Å². The first-order chi connectivity index (χ1) is 11.0. The molecule has 0 saturated carbocycles. The Morgan fingerprint density at radius 2 is 2.17 bits per heavy atom. The third-order valence-electron chi connectivity index (χ3n) is 2.98. The number of rotatable bonds is 5. The van der Waals surface area contributed by atoms with E-state index in [0.717, 1.165) is 0 Å². The van der Waals surface area contributed by atoms with Gasteiger partial charge < -0.3 is 4.90 Å². The second-order valence-electron chi connectivity index (χ2n) is 4.84. The van der Waals surface area contributed by atoms with Crippen LogP contribution in [0.5, 0.6) is 0 Å². The molecule has 0 unspecified atom stereocenters. The Morgan fingerprint density at radius 3 is 2.78 bits per heavy atom. The molecule has 0 fully saturated rings. The summed E-state index contributed by atoms with van der Waals surface area (Å²) in [5.74, 6) is -0.409. The first-order valence-corrected chi connectivity index (χ1v) is 6.68. The van der Waals surface area contributed by atoms with E-state index in [-0.39, 0.29) is 5.69 Å². The van der Waals surface area contributed by atoms with Gasteiger partial charge in [0.2, 0.25) is 0 Å². The molecule has 2 aromatic rings. The SMILES string of the molecule is CN(C)c1ccc(/C=N/NC(=O)c2cccnc2)cc1[N+](=O)[O-]. The molecule has 1 aromatic carbocycles. The Hall–Kier alpha value is -3.29. The van der Waals surface area contributed by atoms with E-state index in [1.165, 1.54) is 18.5 Å². The quantitative estimate of drug-likeness (QED) is 0.515. The van der Waals surface area contributed by atoms with E-state index in [4.69, 9.17) is 0 Å². The molecular weight excluding hydrogens is 298 g/mol. The Labute approximate surface area is 132 Å². The molecule has 0 saturated heterocycles. The van der Waals surface area contributed by atoms with Crippen LogP contribution in [0, 0.1) is 10.1 Å². The lowest BCUT2D eigenvalue weighted by atomic mass is 10.2. The van der Waals surface area contributed by atoms with Crippen molar-refractivity contribution in [1.82, 2.24) is 10.4 Å². The van der Waals surface area contributed by atoms with Gasteiger partial charge in [-0.25, -0.2) is 5.43 Å². The van der Waals surface area contributed by atoms with Crippen LogP contribution in [0.4, 0.5) is 11.4 Å². The van der Waals surface area contributed by atoms with Gasteiger partial charge in [0.25, 0.3) is 11.6 Å². The lowest BCUT2D eigenvalue weighted by molar-refractivity contribution is -0.384. The number of hydrazone groups is 1. The largest absolute Gasteiger partial charge is 0.372 e. The van der Waals surface area contributed by atoms with Gasteiger partial charge in [0, 0.05) is 38.1 Å². The fourth-order valence-corrected chi connectivity index (χ4v) is 1.87. The number of anilines is 1. The zero-order chi connectivity index (χ0) is 16.8. The topological polar surface area (TPSA) is 101 Å². The third-order valence-corrected chi connectivity index (χ3v) is 2.98. The number of nitrogens with zero attached hydrogens (tertiary/aromatic N) is 4. The molecule has 0 aliphatic carbocycles. The Kier molecular flexibility index (Phi) is 4.98. The fraction of sp³-hybridized carbons (Fsp3) is 0.133. The van der Waals surface area contributed by atoms with Gasteiger partial charge in [-0.1, -0.05) is 6.07 Å². The monoisotopic (exact) mass is 313 g/mol. The molecule has 0 aliphatic heterocycles. The second-order valence-corrected chi connectivity index (χ2v) is 4.84. The summed E-state index contributed by atoms with van der Waals surface area (Å²) in [5, 5.41) is 14.9. The van der Waals surface area contributed by atoms with E-state index in [0.29, 0.717) is 16.8 Å². The Morgan fingerprint density at radius 1 is 1.39 bits per heavy atom. The van der Waals surface area contributed by atoms with E-state index in [1.54, 1.807) is 49.5 Å². The van der Waals surface area contributed by atoms with Gasteiger partial charge in [-0.15, -0.1) is 0 Å². The first kappa shape index (κ1) is 16.1. The van der Waals surface area contributed by atoms with Crippen molar-refractivity contribution in [2.75, 3.05) is 19.0 Å². The molecule has 0 atom stereocenters. The summed E-state index contributed by atoms with van der Waals surface area (Å²) in [5.41, 5.74) is 3.69.